The zero-order valence-electron chi connectivity index (χ0n) is 9.22. The molecule has 3 aromatic heterocycles. The summed E-state index contributed by atoms with van der Waals surface area (Å²) in [6.07, 6.45) is -3.27. The van der Waals surface area contributed by atoms with Crippen LogP contribution < -0.4 is 5.73 Å². The quantitative estimate of drug-likeness (QED) is 0.730. The number of anilines is 1. The van der Waals surface area contributed by atoms with Gasteiger partial charge in [-0.15, -0.1) is 5.10 Å². The van der Waals surface area contributed by atoms with Gasteiger partial charge in [-0.25, -0.2) is 4.98 Å². The molecule has 0 unspecified atom stereocenters. The summed E-state index contributed by atoms with van der Waals surface area (Å²) in [4.78, 5) is 7.56. The van der Waals surface area contributed by atoms with Crippen LogP contribution in [0.15, 0.2) is 28.9 Å². The number of fused-ring (bicyclic) bond motifs is 1. The maximum absolute atomic E-state index is 13.0. The molecular weight excluding hydrogens is 263 g/mol. The maximum atomic E-state index is 13.0. The third-order valence-electron chi connectivity index (χ3n) is 2.39. The number of alkyl halides is 3. The van der Waals surface area contributed by atoms with Gasteiger partial charge in [0.1, 0.15) is 5.69 Å². The molecule has 0 fully saturated rings. The predicted molar refractivity (Wildman–Crippen MR) is 57.9 cm³/mol. The number of rotatable bonds is 1. The zero-order valence-corrected chi connectivity index (χ0v) is 9.22. The average molecular weight is 269 g/mol. The molecule has 0 spiro atoms. The number of hydrogen-bond donors (Lipinski definition) is 1. The van der Waals surface area contributed by atoms with Crippen molar-refractivity contribution in [2.75, 3.05) is 5.73 Å². The van der Waals surface area contributed by atoms with E-state index in [1.807, 2.05) is 0 Å². The largest absolute Gasteiger partial charge is 0.463 e. The molecule has 19 heavy (non-hydrogen) atoms. The Kier molecular flexibility index (Phi) is 2.24. The lowest BCUT2D eigenvalue weighted by atomic mass is 10.2. The van der Waals surface area contributed by atoms with E-state index in [2.05, 4.69) is 15.1 Å². The Labute approximate surface area is 103 Å². The molecule has 9 heteroatoms. The van der Waals surface area contributed by atoms with Crippen LogP contribution in [0.4, 0.5) is 19.1 Å². The summed E-state index contributed by atoms with van der Waals surface area (Å²) >= 11 is 0. The molecule has 0 bridgehead atoms. The molecule has 0 aliphatic heterocycles. The van der Waals surface area contributed by atoms with Crippen molar-refractivity contribution in [2.24, 2.45) is 0 Å². The van der Waals surface area contributed by atoms with Crippen molar-refractivity contribution in [2.45, 2.75) is 6.18 Å². The Bertz CT molecular complexity index is 732. The minimum atomic E-state index is -4.61. The zero-order chi connectivity index (χ0) is 13.6. The highest BCUT2D eigenvalue weighted by atomic mass is 19.4. The van der Waals surface area contributed by atoms with E-state index in [9.17, 15) is 13.2 Å². The summed E-state index contributed by atoms with van der Waals surface area (Å²) < 4.78 is 44.5. The van der Waals surface area contributed by atoms with Gasteiger partial charge in [-0.1, -0.05) is 0 Å². The highest BCUT2D eigenvalue weighted by molar-refractivity contribution is 5.56. The number of aromatic nitrogens is 4. The van der Waals surface area contributed by atoms with Gasteiger partial charge in [-0.05, 0) is 18.2 Å². The van der Waals surface area contributed by atoms with Crippen LogP contribution in [-0.4, -0.2) is 19.6 Å². The van der Waals surface area contributed by atoms with Gasteiger partial charge in [-0.3, -0.25) is 0 Å². The van der Waals surface area contributed by atoms with Crippen LogP contribution in [0.3, 0.4) is 0 Å². The molecule has 0 aromatic carbocycles. The van der Waals surface area contributed by atoms with Crippen molar-refractivity contribution < 1.29 is 17.6 Å². The number of nitrogens with two attached hydrogens (primary N) is 1. The van der Waals surface area contributed by atoms with Gasteiger partial charge < -0.3 is 10.2 Å². The van der Waals surface area contributed by atoms with Crippen LogP contribution in [0, 0.1) is 0 Å². The normalized spacial score (nSPS) is 12.2. The molecule has 0 saturated heterocycles. The lowest BCUT2D eigenvalue weighted by Crippen LogP contribution is -2.13. The van der Waals surface area contributed by atoms with E-state index < -0.39 is 11.9 Å². The smallest absolute Gasteiger partial charge is 0.433 e. The molecule has 0 radical (unpaired) electrons. The van der Waals surface area contributed by atoms with Crippen molar-refractivity contribution in [3.63, 3.8) is 0 Å². The summed E-state index contributed by atoms with van der Waals surface area (Å²) in [5.41, 5.74) is 4.29. The van der Waals surface area contributed by atoms with Crippen molar-refractivity contribution in [3.8, 4) is 11.5 Å². The monoisotopic (exact) mass is 269 g/mol. The average Bonchev–Trinajstić information content (AvgIpc) is 2.92. The van der Waals surface area contributed by atoms with Crippen LogP contribution in [0.25, 0.3) is 17.2 Å². The number of hydrogen-bond acceptors (Lipinski definition) is 5. The van der Waals surface area contributed by atoms with E-state index in [0.717, 1.165) is 6.07 Å². The van der Waals surface area contributed by atoms with Gasteiger partial charge in [0.15, 0.2) is 11.5 Å². The number of furan rings is 1. The predicted octanol–water partition coefficient (Wildman–Crippen LogP) is 1.99. The molecule has 0 aliphatic rings. The second-order valence-electron chi connectivity index (χ2n) is 3.68. The molecule has 6 nitrogen and oxygen atoms in total. The van der Waals surface area contributed by atoms with Crippen LogP contribution in [0.2, 0.25) is 0 Å². The summed E-state index contributed by atoms with van der Waals surface area (Å²) in [6.45, 7) is 0. The summed E-state index contributed by atoms with van der Waals surface area (Å²) in [7, 11) is 0. The third kappa shape index (κ3) is 1.88. The molecule has 0 aliphatic carbocycles. The first-order chi connectivity index (χ1) is 8.95. The van der Waals surface area contributed by atoms with Gasteiger partial charge in [0, 0.05) is 0 Å². The van der Waals surface area contributed by atoms with E-state index in [1.54, 1.807) is 6.07 Å². The Morgan fingerprint density at radius 3 is 2.68 bits per heavy atom. The van der Waals surface area contributed by atoms with E-state index in [1.165, 1.54) is 12.3 Å². The van der Waals surface area contributed by atoms with E-state index in [-0.39, 0.29) is 23.2 Å². The van der Waals surface area contributed by atoms with Crippen LogP contribution >= 0.6 is 0 Å². The fourth-order valence-electron chi connectivity index (χ4n) is 1.64. The molecule has 3 rings (SSSR count). The SMILES string of the molecule is Nc1nc2nc(-c3ccco3)cc(C(F)(F)F)n2n1. The van der Waals surface area contributed by atoms with Gasteiger partial charge in [0.25, 0.3) is 5.78 Å². The van der Waals surface area contributed by atoms with E-state index in [4.69, 9.17) is 10.2 Å². The lowest BCUT2D eigenvalue weighted by molar-refractivity contribution is -0.142. The standard InChI is InChI=1S/C10H6F3N5O/c11-10(12,13)7-4-5(6-2-1-3-19-6)15-9-16-8(14)17-18(7)9/h1-4H,(H2,14,17). The molecule has 0 atom stereocenters. The van der Waals surface area contributed by atoms with Crippen molar-refractivity contribution >= 4 is 11.7 Å². The molecule has 0 saturated carbocycles. The lowest BCUT2D eigenvalue weighted by Gasteiger charge is -2.08. The Hall–Kier alpha value is -2.58. The molecule has 98 valence electrons. The minimum Gasteiger partial charge on any atom is -0.463 e. The molecule has 0 amide bonds. The number of halogens is 3. The minimum absolute atomic E-state index is 0.0113. The first kappa shape index (κ1) is 11.5. The van der Waals surface area contributed by atoms with Crippen molar-refractivity contribution in [3.05, 3.63) is 30.2 Å². The highest BCUT2D eigenvalue weighted by Gasteiger charge is 2.35. The summed E-state index contributed by atoms with van der Waals surface area (Å²) in [5.74, 6) is -0.317. The number of nitrogens with zero attached hydrogens (tertiary/aromatic N) is 4. The van der Waals surface area contributed by atoms with E-state index in [0.29, 0.717) is 4.52 Å². The first-order valence-corrected chi connectivity index (χ1v) is 5.09. The molecule has 3 aromatic rings. The van der Waals surface area contributed by atoms with Gasteiger partial charge in [0.2, 0.25) is 5.95 Å². The summed E-state index contributed by atoms with van der Waals surface area (Å²) in [5, 5.41) is 3.47. The molecule has 2 N–H and O–H groups in total. The maximum Gasteiger partial charge on any atom is 0.433 e. The summed E-state index contributed by atoms with van der Waals surface area (Å²) in [6, 6.07) is 3.88. The van der Waals surface area contributed by atoms with Crippen LogP contribution in [0.1, 0.15) is 5.69 Å². The van der Waals surface area contributed by atoms with Crippen LogP contribution in [0.5, 0.6) is 0 Å². The van der Waals surface area contributed by atoms with E-state index >= 15 is 0 Å². The fourth-order valence-corrected chi connectivity index (χ4v) is 1.64. The van der Waals surface area contributed by atoms with Crippen molar-refractivity contribution in [1.29, 1.82) is 0 Å². The highest BCUT2D eigenvalue weighted by Crippen LogP contribution is 2.31. The molecular formula is C10H6F3N5O. The Morgan fingerprint density at radius 2 is 2.05 bits per heavy atom. The topological polar surface area (TPSA) is 82.2 Å². The van der Waals surface area contributed by atoms with Gasteiger partial charge >= 0.3 is 6.18 Å². The van der Waals surface area contributed by atoms with Crippen LogP contribution in [-0.2, 0) is 6.18 Å². The van der Waals surface area contributed by atoms with Gasteiger partial charge in [0.05, 0.1) is 6.26 Å². The van der Waals surface area contributed by atoms with Crippen molar-refractivity contribution in [1.82, 2.24) is 19.6 Å². The van der Waals surface area contributed by atoms with Gasteiger partial charge in [-0.2, -0.15) is 22.7 Å². The Balaban J connectivity index is 2.32. The third-order valence-corrected chi connectivity index (χ3v) is 2.39. The second kappa shape index (κ2) is 3.70. The second-order valence-corrected chi connectivity index (χ2v) is 3.68. The number of nitrogen functional groups attached to an aromatic ring is 1. The fraction of sp³-hybridized carbons (Fsp3) is 0.100. The Morgan fingerprint density at radius 1 is 1.26 bits per heavy atom. The molecule has 3 heterocycles. The first-order valence-electron chi connectivity index (χ1n) is 5.09.